The van der Waals surface area contributed by atoms with Crippen LogP contribution in [0.3, 0.4) is 0 Å². The number of ether oxygens (including phenoxy) is 2. The zero-order chi connectivity index (χ0) is 25.7. The fraction of sp³-hybridized carbons (Fsp3) is 0.935. The number of hydrogen-bond donors (Lipinski definition) is 0. The minimum Gasteiger partial charge on any atom is -0.465 e. The highest BCUT2D eigenvalue weighted by atomic mass is 16.5. The quantitative estimate of drug-likeness (QED) is 0.111. The Morgan fingerprint density at radius 1 is 0.571 bits per heavy atom. The lowest BCUT2D eigenvalue weighted by Gasteiger charge is -2.23. The van der Waals surface area contributed by atoms with E-state index in [1.54, 1.807) is 0 Å². The van der Waals surface area contributed by atoms with E-state index in [9.17, 15) is 9.59 Å². The van der Waals surface area contributed by atoms with Crippen molar-refractivity contribution in [1.29, 1.82) is 0 Å². The third-order valence-corrected chi connectivity index (χ3v) is 7.87. The topological polar surface area (TPSA) is 52.6 Å². The molecule has 0 amide bonds. The third-order valence-electron chi connectivity index (χ3n) is 7.87. The second kappa shape index (κ2) is 21.1. The lowest BCUT2D eigenvalue weighted by Crippen LogP contribution is -2.34. The van der Waals surface area contributed by atoms with Crippen LogP contribution in [-0.4, -0.2) is 25.2 Å². The van der Waals surface area contributed by atoms with Gasteiger partial charge in [-0.05, 0) is 37.5 Å². The van der Waals surface area contributed by atoms with Crippen LogP contribution in [0.2, 0.25) is 0 Å². The number of carbonyl (C=O) groups excluding carboxylic acids is 2. The summed E-state index contributed by atoms with van der Waals surface area (Å²) in [6.45, 7) is 9.71. The molecule has 4 nitrogen and oxygen atoms in total. The van der Waals surface area contributed by atoms with Gasteiger partial charge in [0.2, 0.25) is 0 Å². The van der Waals surface area contributed by atoms with E-state index in [-0.39, 0.29) is 35.6 Å². The maximum atomic E-state index is 13.1. The van der Waals surface area contributed by atoms with Gasteiger partial charge in [-0.2, -0.15) is 0 Å². The van der Waals surface area contributed by atoms with Crippen LogP contribution in [0.25, 0.3) is 0 Å². The molecule has 0 N–H and O–H groups in total. The Bertz CT molecular complexity index is 532. The van der Waals surface area contributed by atoms with Crippen molar-refractivity contribution in [2.75, 3.05) is 13.2 Å². The van der Waals surface area contributed by atoms with Crippen LogP contribution in [0.4, 0.5) is 0 Å². The van der Waals surface area contributed by atoms with Crippen LogP contribution in [0.1, 0.15) is 150 Å². The average molecular weight is 495 g/mol. The van der Waals surface area contributed by atoms with E-state index < -0.39 is 0 Å². The van der Waals surface area contributed by atoms with Crippen LogP contribution < -0.4 is 0 Å². The van der Waals surface area contributed by atoms with Crippen molar-refractivity contribution >= 4 is 11.9 Å². The molecule has 0 aromatic heterocycles. The fourth-order valence-corrected chi connectivity index (χ4v) is 5.81. The van der Waals surface area contributed by atoms with Crippen LogP contribution in [-0.2, 0) is 19.1 Å². The first-order chi connectivity index (χ1) is 17.1. The fourth-order valence-electron chi connectivity index (χ4n) is 5.81. The van der Waals surface area contributed by atoms with Gasteiger partial charge in [-0.3, -0.25) is 9.59 Å². The predicted octanol–water partition coefficient (Wildman–Crippen LogP) is 9.04. The minimum atomic E-state index is -0.341. The number of hydrogen-bond acceptors (Lipinski definition) is 4. The van der Waals surface area contributed by atoms with Gasteiger partial charge in [-0.25, -0.2) is 0 Å². The lowest BCUT2D eigenvalue weighted by atomic mass is 9.85. The van der Waals surface area contributed by atoms with Gasteiger partial charge >= 0.3 is 11.9 Å². The maximum absolute atomic E-state index is 13.1. The molecule has 0 aromatic rings. The Balaban J connectivity index is 2.38. The Morgan fingerprint density at radius 2 is 0.971 bits per heavy atom. The van der Waals surface area contributed by atoms with Crippen molar-refractivity contribution in [1.82, 2.24) is 0 Å². The summed E-state index contributed by atoms with van der Waals surface area (Å²) in [5, 5.41) is 0. The lowest BCUT2D eigenvalue weighted by molar-refractivity contribution is -0.162. The zero-order valence-corrected chi connectivity index (χ0v) is 23.8. The molecule has 4 atom stereocenters. The molecule has 0 aliphatic heterocycles. The summed E-state index contributed by atoms with van der Waals surface area (Å²) in [5.41, 5.74) is 0. The van der Waals surface area contributed by atoms with E-state index in [2.05, 4.69) is 27.7 Å². The van der Waals surface area contributed by atoms with E-state index in [4.69, 9.17) is 9.47 Å². The summed E-state index contributed by atoms with van der Waals surface area (Å²) in [7, 11) is 0. The van der Waals surface area contributed by atoms with E-state index in [0.29, 0.717) is 13.2 Å². The van der Waals surface area contributed by atoms with E-state index in [1.807, 2.05) is 0 Å². The van der Waals surface area contributed by atoms with Crippen LogP contribution >= 0.6 is 0 Å². The van der Waals surface area contributed by atoms with Crippen molar-refractivity contribution in [3.8, 4) is 0 Å². The van der Waals surface area contributed by atoms with E-state index in [0.717, 1.165) is 44.9 Å². The van der Waals surface area contributed by atoms with Gasteiger partial charge in [0.05, 0.1) is 25.0 Å². The van der Waals surface area contributed by atoms with Gasteiger partial charge in [-0.1, -0.05) is 124 Å². The number of unbranched alkanes of at least 4 members (excludes halogenated alkanes) is 14. The molecule has 1 aliphatic carbocycles. The molecule has 206 valence electrons. The summed E-state index contributed by atoms with van der Waals surface area (Å²) < 4.78 is 11.4. The third kappa shape index (κ3) is 13.7. The first-order valence-corrected chi connectivity index (χ1v) is 15.4. The minimum absolute atomic E-state index is 0.162. The van der Waals surface area contributed by atoms with Crippen LogP contribution in [0, 0.1) is 23.7 Å². The van der Waals surface area contributed by atoms with Crippen molar-refractivity contribution in [2.45, 2.75) is 150 Å². The highest BCUT2D eigenvalue weighted by Crippen LogP contribution is 2.45. The van der Waals surface area contributed by atoms with E-state index >= 15 is 0 Å². The number of rotatable bonds is 22. The summed E-state index contributed by atoms with van der Waals surface area (Å²) >= 11 is 0. The molecular weight excluding hydrogens is 436 g/mol. The maximum Gasteiger partial charge on any atom is 0.310 e. The Kier molecular flexibility index (Phi) is 19.2. The molecule has 4 unspecified atom stereocenters. The van der Waals surface area contributed by atoms with Gasteiger partial charge in [-0.15, -0.1) is 0 Å². The highest BCUT2D eigenvalue weighted by molar-refractivity contribution is 5.83. The standard InChI is InChI=1S/C31H58O4/c1-5-8-10-12-14-16-18-20-23-34-30(32)28-26(4)25-27(22-7-3)29(28)31(33)35-24-21-19-17-15-13-11-9-6-2/h26-29H,5-25H2,1-4H3. The smallest absolute Gasteiger partial charge is 0.310 e. The molecule has 1 saturated carbocycles. The van der Waals surface area contributed by atoms with Gasteiger partial charge in [0.25, 0.3) is 0 Å². The van der Waals surface area contributed by atoms with E-state index in [1.165, 1.54) is 77.0 Å². The van der Waals surface area contributed by atoms with Crippen molar-refractivity contribution in [3.05, 3.63) is 0 Å². The Morgan fingerprint density at radius 3 is 1.40 bits per heavy atom. The summed E-state index contributed by atoms with van der Waals surface area (Å²) in [6, 6.07) is 0. The largest absolute Gasteiger partial charge is 0.465 e. The van der Waals surface area contributed by atoms with Crippen LogP contribution in [0.5, 0.6) is 0 Å². The highest BCUT2D eigenvalue weighted by Gasteiger charge is 2.49. The molecule has 4 heteroatoms. The van der Waals surface area contributed by atoms with Gasteiger partial charge in [0.1, 0.15) is 0 Å². The van der Waals surface area contributed by atoms with Gasteiger partial charge < -0.3 is 9.47 Å². The number of esters is 2. The summed E-state index contributed by atoms with van der Waals surface area (Å²) in [6.07, 6.45) is 22.5. The molecule has 0 saturated heterocycles. The molecule has 35 heavy (non-hydrogen) atoms. The second-order valence-electron chi connectivity index (χ2n) is 11.1. The molecule has 0 spiro atoms. The zero-order valence-electron chi connectivity index (χ0n) is 23.8. The van der Waals surface area contributed by atoms with Crippen molar-refractivity contribution < 1.29 is 19.1 Å². The molecule has 0 aromatic carbocycles. The van der Waals surface area contributed by atoms with Crippen molar-refractivity contribution in [2.24, 2.45) is 23.7 Å². The number of carbonyl (C=O) groups is 2. The first-order valence-electron chi connectivity index (χ1n) is 15.4. The molecule has 0 bridgehead atoms. The molecule has 1 rings (SSSR count). The SMILES string of the molecule is CCCCCCCCCCOC(=O)C1C(C)CC(CCC)C1C(=O)OCCCCCCCCCC. The molecular formula is C31H58O4. The average Bonchev–Trinajstić information content (AvgIpc) is 3.17. The normalized spacial score (nSPS) is 21.8. The summed E-state index contributed by atoms with van der Waals surface area (Å²) in [5.74, 6) is -0.588. The Labute approximate surface area is 217 Å². The summed E-state index contributed by atoms with van der Waals surface area (Å²) in [4.78, 5) is 26.1. The van der Waals surface area contributed by atoms with Gasteiger partial charge in [0.15, 0.2) is 0 Å². The Hall–Kier alpha value is -1.06. The monoisotopic (exact) mass is 494 g/mol. The molecule has 0 heterocycles. The molecule has 0 radical (unpaired) electrons. The molecule has 1 aliphatic rings. The van der Waals surface area contributed by atoms with Crippen LogP contribution in [0.15, 0.2) is 0 Å². The van der Waals surface area contributed by atoms with Crippen molar-refractivity contribution in [3.63, 3.8) is 0 Å². The molecule has 1 fully saturated rings. The van der Waals surface area contributed by atoms with Gasteiger partial charge in [0, 0.05) is 0 Å². The predicted molar refractivity (Wildman–Crippen MR) is 146 cm³/mol. The second-order valence-corrected chi connectivity index (χ2v) is 11.1. The first kappa shape index (κ1) is 32.0.